The molecule has 1 rings (SSSR count). The fourth-order valence-corrected chi connectivity index (χ4v) is 2.33. The molecule has 0 radical (unpaired) electrons. The number of hydrogen-bond donors (Lipinski definition) is 2. The third-order valence-electron chi connectivity index (χ3n) is 3.15. The molecule has 0 aliphatic rings. The Morgan fingerprint density at radius 2 is 2.04 bits per heavy atom. The van der Waals surface area contributed by atoms with E-state index in [0.29, 0.717) is 23.3 Å². The smallest absolute Gasteiger partial charge is 0.240 e. The maximum Gasteiger partial charge on any atom is 0.240 e. The SMILES string of the molecule is CN=C(NCc1ccc(Cl)cc1OC)N(C)CC(=O)NC(C)(C)C. The number of nitrogens with one attached hydrogen (secondary N) is 2. The Morgan fingerprint density at radius 1 is 1.38 bits per heavy atom. The molecular formula is C17H27ClN4O2. The first kappa shape index (κ1) is 20.1. The lowest BCUT2D eigenvalue weighted by Crippen LogP contribution is -2.48. The molecule has 0 aliphatic carbocycles. The minimum Gasteiger partial charge on any atom is -0.496 e. The van der Waals surface area contributed by atoms with Crippen LogP contribution >= 0.6 is 11.6 Å². The molecule has 24 heavy (non-hydrogen) atoms. The molecule has 0 unspecified atom stereocenters. The molecule has 0 heterocycles. The topological polar surface area (TPSA) is 66.0 Å². The molecule has 0 aromatic heterocycles. The predicted octanol–water partition coefficient (Wildman–Crippen LogP) is 2.27. The van der Waals surface area contributed by atoms with Gasteiger partial charge in [0.2, 0.25) is 5.91 Å². The van der Waals surface area contributed by atoms with E-state index < -0.39 is 0 Å². The molecule has 2 N–H and O–H groups in total. The summed E-state index contributed by atoms with van der Waals surface area (Å²) in [5, 5.41) is 6.77. The lowest BCUT2D eigenvalue weighted by molar-refractivity contribution is -0.122. The Morgan fingerprint density at radius 3 is 2.58 bits per heavy atom. The van der Waals surface area contributed by atoms with Crippen LogP contribution in [0.1, 0.15) is 26.3 Å². The van der Waals surface area contributed by atoms with Crippen molar-refractivity contribution < 1.29 is 9.53 Å². The molecule has 1 aromatic rings. The van der Waals surface area contributed by atoms with Gasteiger partial charge in [0.05, 0.1) is 13.7 Å². The van der Waals surface area contributed by atoms with Crippen LogP contribution in [-0.2, 0) is 11.3 Å². The first-order valence-electron chi connectivity index (χ1n) is 7.71. The highest BCUT2D eigenvalue weighted by molar-refractivity contribution is 6.30. The monoisotopic (exact) mass is 354 g/mol. The third-order valence-corrected chi connectivity index (χ3v) is 3.39. The van der Waals surface area contributed by atoms with Crippen molar-refractivity contribution in [3.05, 3.63) is 28.8 Å². The molecular weight excluding hydrogens is 328 g/mol. The van der Waals surface area contributed by atoms with E-state index in [1.54, 1.807) is 25.1 Å². The fourth-order valence-electron chi connectivity index (χ4n) is 2.17. The second kappa shape index (κ2) is 8.78. The molecule has 0 saturated heterocycles. The normalized spacial score (nSPS) is 11.9. The van der Waals surface area contributed by atoms with Crippen LogP contribution in [0.2, 0.25) is 5.02 Å². The minimum atomic E-state index is -0.258. The minimum absolute atomic E-state index is 0.0583. The number of benzene rings is 1. The number of methoxy groups -OCH3 is 1. The average molecular weight is 355 g/mol. The van der Waals surface area contributed by atoms with Gasteiger partial charge in [-0.1, -0.05) is 17.7 Å². The number of amides is 1. The summed E-state index contributed by atoms with van der Waals surface area (Å²) >= 11 is 5.97. The van der Waals surface area contributed by atoms with Gasteiger partial charge in [-0.15, -0.1) is 0 Å². The van der Waals surface area contributed by atoms with E-state index in [2.05, 4.69) is 15.6 Å². The molecule has 7 heteroatoms. The number of hydrogen-bond acceptors (Lipinski definition) is 3. The van der Waals surface area contributed by atoms with Crippen LogP contribution < -0.4 is 15.4 Å². The van der Waals surface area contributed by atoms with Crippen molar-refractivity contribution in [2.45, 2.75) is 32.9 Å². The maximum atomic E-state index is 12.0. The van der Waals surface area contributed by atoms with Gasteiger partial charge >= 0.3 is 0 Å². The maximum absolute atomic E-state index is 12.0. The number of guanidine groups is 1. The number of aliphatic imine (C=N–C) groups is 1. The van der Waals surface area contributed by atoms with Crippen LogP contribution in [0.25, 0.3) is 0 Å². The molecule has 0 saturated carbocycles. The number of ether oxygens (including phenoxy) is 1. The van der Waals surface area contributed by atoms with E-state index in [-0.39, 0.29) is 18.0 Å². The Balaban J connectivity index is 2.66. The van der Waals surface area contributed by atoms with Gasteiger partial charge in [0.25, 0.3) is 0 Å². The van der Waals surface area contributed by atoms with Crippen LogP contribution in [0, 0.1) is 0 Å². The highest BCUT2D eigenvalue weighted by Crippen LogP contribution is 2.22. The van der Waals surface area contributed by atoms with Crippen LogP contribution in [0.4, 0.5) is 0 Å². The molecule has 0 spiro atoms. The van der Waals surface area contributed by atoms with Gasteiger partial charge in [-0.2, -0.15) is 0 Å². The van der Waals surface area contributed by atoms with Gasteiger partial charge in [-0.05, 0) is 32.9 Å². The van der Waals surface area contributed by atoms with Crippen LogP contribution in [0.3, 0.4) is 0 Å². The van der Waals surface area contributed by atoms with E-state index in [1.165, 1.54) is 0 Å². The molecule has 0 aliphatic heterocycles. The van der Waals surface area contributed by atoms with Gasteiger partial charge in [0.15, 0.2) is 5.96 Å². The van der Waals surface area contributed by atoms with Crippen molar-refractivity contribution in [3.8, 4) is 5.75 Å². The zero-order valence-corrected chi connectivity index (χ0v) is 16.0. The molecule has 1 aromatic carbocycles. The van der Waals surface area contributed by atoms with Crippen molar-refractivity contribution >= 4 is 23.5 Å². The van der Waals surface area contributed by atoms with E-state index in [4.69, 9.17) is 16.3 Å². The quantitative estimate of drug-likeness (QED) is 0.629. The van der Waals surface area contributed by atoms with Crippen molar-refractivity contribution in [1.82, 2.24) is 15.5 Å². The summed E-state index contributed by atoms with van der Waals surface area (Å²) in [6, 6.07) is 5.47. The van der Waals surface area contributed by atoms with Crippen molar-refractivity contribution in [3.63, 3.8) is 0 Å². The van der Waals surface area contributed by atoms with Crippen molar-refractivity contribution in [1.29, 1.82) is 0 Å². The Labute approximate surface area is 149 Å². The Hall–Kier alpha value is -1.95. The van der Waals surface area contributed by atoms with Crippen LogP contribution in [0.15, 0.2) is 23.2 Å². The summed E-state index contributed by atoms with van der Waals surface area (Å²) < 4.78 is 5.33. The van der Waals surface area contributed by atoms with Crippen molar-refractivity contribution in [2.24, 2.45) is 4.99 Å². The van der Waals surface area contributed by atoms with Gasteiger partial charge in [-0.3, -0.25) is 9.79 Å². The predicted molar refractivity (Wildman–Crippen MR) is 98.7 cm³/mol. The standard InChI is InChI=1S/C17H27ClN4O2/c1-17(2,3)21-15(23)11-22(5)16(19-4)20-10-12-7-8-13(18)9-14(12)24-6/h7-9H,10-11H2,1-6H3,(H,19,20)(H,21,23). The number of nitrogens with zero attached hydrogens (tertiary/aromatic N) is 2. The first-order chi connectivity index (χ1) is 11.2. The highest BCUT2D eigenvalue weighted by Gasteiger charge is 2.17. The molecule has 0 atom stereocenters. The zero-order chi connectivity index (χ0) is 18.3. The number of carbonyl (C=O) groups is 1. The first-order valence-corrected chi connectivity index (χ1v) is 8.09. The summed E-state index contributed by atoms with van der Waals surface area (Å²) in [5.74, 6) is 1.27. The lowest BCUT2D eigenvalue weighted by atomic mass is 10.1. The van der Waals surface area contributed by atoms with E-state index in [1.807, 2.05) is 40.0 Å². The third kappa shape index (κ3) is 6.66. The van der Waals surface area contributed by atoms with E-state index in [9.17, 15) is 4.79 Å². The van der Waals surface area contributed by atoms with Gasteiger partial charge < -0.3 is 20.3 Å². The lowest BCUT2D eigenvalue weighted by Gasteiger charge is -2.25. The van der Waals surface area contributed by atoms with Crippen LogP contribution in [0.5, 0.6) is 5.75 Å². The second-order valence-corrected chi connectivity index (χ2v) is 6.95. The Bertz CT molecular complexity index is 597. The molecule has 6 nitrogen and oxygen atoms in total. The molecule has 0 fully saturated rings. The van der Waals surface area contributed by atoms with Gasteiger partial charge in [0, 0.05) is 36.8 Å². The summed E-state index contributed by atoms with van der Waals surface area (Å²) in [6.07, 6.45) is 0. The number of likely N-dealkylation sites (N-methyl/N-ethyl adjacent to an activating group) is 1. The summed E-state index contributed by atoms with van der Waals surface area (Å²) in [6.45, 7) is 6.58. The van der Waals surface area contributed by atoms with Crippen molar-refractivity contribution in [2.75, 3.05) is 27.7 Å². The summed E-state index contributed by atoms with van der Waals surface area (Å²) in [5.41, 5.74) is 0.696. The zero-order valence-electron chi connectivity index (χ0n) is 15.2. The fraction of sp³-hybridized carbons (Fsp3) is 0.529. The molecule has 1 amide bonds. The molecule has 134 valence electrons. The van der Waals surface area contributed by atoms with Gasteiger partial charge in [-0.25, -0.2) is 0 Å². The second-order valence-electron chi connectivity index (χ2n) is 6.51. The number of rotatable bonds is 5. The molecule has 0 bridgehead atoms. The van der Waals surface area contributed by atoms with E-state index in [0.717, 1.165) is 5.56 Å². The summed E-state index contributed by atoms with van der Waals surface area (Å²) in [4.78, 5) is 18.0. The largest absolute Gasteiger partial charge is 0.496 e. The van der Waals surface area contributed by atoms with Crippen LogP contribution in [-0.4, -0.2) is 50.1 Å². The average Bonchev–Trinajstić information content (AvgIpc) is 2.46. The van der Waals surface area contributed by atoms with Gasteiger partial charge in [0.1, 0.15) is 5.75 Å². The number of halogens is 1. The highest BCUT2D eigenvalue weighted by atomic mass is 35.5. The van der Waals surface area contributed by atoms with E-state index >= 15 is 0 Å². The number of carbonyl (C=O) groups excluding carboxylic acids is 1. The Kier molecular flexibility index (Phi) is 7.35. The summed E-state index contributed by atoms with van der Waals surface area (Å²) in [7, 11) is 5.10.